The van der Waals surface area contributed by atoms with E-state index in [1.165, 1.54) is 0 Å². The second-order valence-corrected chi connectivity index (χ2v) is 13.0. The zero-order valence-corrected chi connectivity index (χ0v) is 30.6. The summed E-state index contributed by atoms with van der Waals surface area (Å²) in [5, 5.41) is 48.9. The van der Waals surface area contributed by atoms with Gasteiger partial charge in [0.25, 0.3) is 0 Å². The highest BCUT2D eigenvalue weighted by molar-refractivity contribution is 5.98. The van der Waals surface area contributed by atoms with Crippen LogP contribution < -0.4 is 49.5 Å². The van der Waals surface area contributed by atoms with E-state index in [1.807, 2.05) is 0 Å². The van der Waals surface area contributed by atoms with E-state index in [4.69, 9.17) is 28.0 Å². The lowest BCUT2D eigenvalue weighted by atomic mass is 10.0. The number of aliphatic hydroxyl groups is 2. The number of carboxylic acid groups (broad SMARTS) is 2. The monoisotopic (exact) mass is 787 g/mol. The van der Waals surface area contributed by atoms with Crippen LogP contribution in [0.5, 0.6) is 0 Å². The number of guanidine groups is 1. The Morgan fingerprint density at radius 2 is 1.35 bits per heavy atom. The first kappa shape index (κ1) is 47.4. The van der Waals surface area contributed by atoms with E-state index in [-0.39, 0.29) is 51.2 Å². The van der Waals surface area contributed by atoms with Gasteiger partial charge in [0.1, 0.15) is 36.3 Å². The number of amides is 7. The molecule has 0 aromatic heterocycles. The van der Waals surface area contributed by atoms with Gasteiger partial charge < -0.3 is 74.8 Å². The summed E-state index contributed by atoms with van der Waals surface area (Å²) in [6, 6.07) is -10.3. The van der Waals surface area contributed by atoms with E-state index in [9.17, 15) is 58.5 Å². The summed E-state index contributed by atoms with van der Waals surface area (Å²) in [6.45, 7) is 1.14. The Hall–Kier alpha value is -5.62. The predicted molar refractivity (Wildman–Crippen MR) is 190 cm³/mol. The van der Waals surface area contributed by atoms with Crippen molar-refractivity contribution in [2.75, 3.05) is 26.3 Å². The van der Waals surface area contributed by atoms with Gasteiger partial charge in [-0.3, -0.25) is 43.3 Å². The van der Waals surface area contributed by atoms with Gasteiger partial charge in [0, 0.05) is 19.5 Å². The maximum absolute atomic E-state index is 13.7. The summed E-state index contributed by atoms with van der Waals surface area (Å²) in [7, 11) is 0. The Balaban J connectivity index is 3.25. The molecular formula is C31H53N11O13. The van der Waals surface area contributed by atoms with Crippen molar-refractivity contribution in [2.45, 2.75) is 101 Å². The van der Waals surface area contributed by atoms with Crippen LogP contribution in [-0.4, -0.2) is 153 Å². The lowest BCUT2D eigenvalue weighted by Crippen LogP contribution is -2.61. The minimum atomic E-state index is -1.69. The quantitative estimate of drug-likeness (QED) is 0.0246. The zero-order valence-electron chi connectivity index (χ0n) is 30.6. The Morgan fingerprint density at radius 3 is 1.87 bits per heavy atom. The number of nitrogens with one attached hydrogen (secondary N) is 5. The lowest BCUT2D eigenvalue weighted by Gasteiger charge is -2.30. The summed E-state index contributed by atoms with van der Waals surface area (Å²) in [5.41, 5.74) is 21.8. The molecule has 1 aliphatic rings. The van der Waals surface area contributed by atoms with Gasteiger partial charge in [-0.05, 0) is 38.0 Å². The van der Waals surface area contributed by atoms with E-state index in [0.29, 0.717) is 0 Å². The van der Waals surface area contributed by atoms with Crippen LogP contribution in [0.3, 0.4) is 0 Å². The average Bonchev–Trinajstić information content (AvgIpc) is 3.60. The van der Waals surface area contributed by atoms with E-state index in [0.717, 1.165) is 4.90 Å². The van der Waals surface area contributed by atoms with E-state index < -0.39 is 128 Å². The number of hydrogen-bond acceptors (Lipinski definition) is 13. The van der Waals surface area contributed by atoms with E-state index in [1.54, 1.807) is 13.8 Å². The van der Waals surface area contributed by atoms with Crippen LogP contribution in [0.1, 0.15) is 58.8 Å². The van der Waals surface area contributed by atoms with E-state index >= 15 is 0 Å². The summed E-state index contributed by atoms with van der Waals surface area (Å²) < 4.78 is 0. The van der Waals surface area contributed by atoms with Gasteiger partial charge in [-0.15, -0.1) is 0 Å². The molecule has 0 aromatic rings. The normalized spacial score (nSPS) is 17.0. The molecule has 0 aromatic carbocycles. The number of carbonyl (C=O) groups excluding carboxylic acids is 7. The molecule has 0 bridgehead atoms. The zero-order chi connectivity index (χ0) is 42.0. The number of likely N-dealkylation sites (tertiary alicyclic amines) is 1. The third-order valence-corrected chi connectivity index (χ3v) is 8.30. The summed E-state index contributed by atoms with van der Waals surface area (Å²) in [4.78, 5) is 118. The topological polar surface area (TPSA) is 414 Å². The van der Waals surface area contributed by atoms with Crippen LogP contribution in [0.25, 0.3) is 0 Å². The Labute approximate surface area is 315 Å². The Morgan fingerprint density at radius 1 is 0.764 bits per heavy atom. The standard InChI is InChI=1S/C31H53N11O13/c1-14(2)23(41-24(48)15(32)7-8-22(46)47)28(52)39-18(12-43)26(50)37-16(5-3-9-36-31(34)35)25(49)38-17(11-21(33)45)29(53)42-10-4-6-20(42)27(51)40-19(13-44)30(54)55/h14-20,23,43-44H,3-13,32H2,1-2H3,(H2,33,45)(H,37,50)(H,38,49)(H,39,52)(H,40,51)(H,41,48)(H,46,47)(H,54,55)(H4,34,35,36)/t15-,16-,17-,18-,19-,20-,23-/m0/s1. The van der Waals surface area contributed by atoms with Crippen LogP contribution in [0.4, 0.5) is 0 Å². The maximum Gasteiger partial charge on any atom is 0.328 e. The molecular weight excluding hydrogens is 734 g/mol. The third-order valence-electron chi connectivity index (χ3n) is 8.30. The molecule has 24 nitrogen and oxygen atoms in total. The van der Waals surface area contributed by atoms with E-state index in [2.05, 4.69) is 31.6 Å². The molecule has 0 saturated carbocycles. The maximum atomic E-state index is 13.7. The smallest absolute Gasteiger partial charge is 0.328 e. The van der Waals surface area contributed by atoms with Crippen molar-refractivity contribution in [3.63, 3.8) is 0 Å². The van der Waals surface area contributed by atoms with Crippen molar-refractivity contribution < 1.29 is 63.6 Å². The highest BCUT2D eigenvalue weighted by Gasteiger charge is 2.40. The second kappa shape index (κ2) is 23.2. The molecule has 24 heteroatoms. The van der Waals surface area contributed by atoms with Gasteiger partial charge in [0.15, 0.2) is 5.96 Å². The number of rotatable bonds is 24. The number of primary amides is 1. The van der Waals surface area contributed by atoms with Crippen molar-refractivity contribution in [1.29, 1.82) is 0 Å². The van der Waals surface area contributed by atoms with Crippen molar-refractivity contribution in [2.24, 2.45) is 33.8 Å². The van der Waals surface area contributed by atoms with Gasteiger partial charge in [-0.2, -0.15) is 0 Å². The molecule has 17 N–H and O–H groups in total. The molecule has 55 heavy (non-hydrogen) atoms. The van der Waals surface area contributed by atoms with Crippen LogP contribution >= 0.6 is 0 Å². The largest absolute Gasteiger partial charge is 0.481 e. The Kier molecular flexibility index (Phi) is 20.0. The SMILES string of the molecule is CC(C)[C@H](NC(=O)[C@@H](N)CCC(=O)O)C(=O)N[C@@H](CO)C(=O)N[C@@H](CCCN=C(N)N)C(=O)N[C@@H](CC(N)=O)C(=O)N1CCC[C@H]1C(=O)N[C@@H](CO)C(=O)O. The second-order valence-electron chi connectivity index (χ2n) is 13.0. The van der Waals surface area contributed by atoms with Crippen molar-refractivity contribution in [3.8, 4) is 0 Å². The number of carboxylic acids is 2. The highest BCUT2D eigenvalue weighted by Crippen LogP contribution is 2.20. The van der Waals surface area contributed by atoms with Crippen LogP contribution in [-0.2, 0) is 43.2 Å². The molecule has 0 unspecified atom stereocenters. The fraction of sp³-hybridized carbons (Fsp3) is 0.677. The molecule has 0 aliphatic carbocycles. The number of aliphatic imine (C=N–C) groups is 1. The molecule has 1 aliphatic heterocycles. The fourth-order valence-corrected chi connectivity index (χ4v) is 5.34. The minimum absolute atomic E-state index is 0.0219. The number of nitrogens with zero attached hydrogens (tertiary/aromatic N) is 2. The first-order valence-corrected chi connectivity index (χ1v) is 17.3. The van der Waals surface area contributed by atoms with Crippen molar-refractivity contribution >= 4 is 59.2 Å². The number of hydrogen-bond donors (Lipinski definition) is 13. The summed E-state index contributed by atoms with van der Waals surface area (Å²) >= 11 is 0. The molecule has 0 radical (unpaired) electrons. The average molecular weight is 788 g/mol. The van der Waals surface area contributed by atoms with Gasteiger partial charge in [-0.1, -0.05) is 13.8 Å². The predicted octanol–water partition coefficient (Wildman–Crippen LogP) is -6.75. The fourth-order valence-electron chi connectivity index (χ4n) is 5.34. The number of nitrogens with two attached hydrogens (primary N) is 4. The number of aliphatic carboxylic acids is 2. The third kappa shape index (κ3) is 16.1. The molecule has 310 valence electrons. The first-order valence-electron chi connectivity index (χ1n) is 17.3. The van der Waals surface area contributed by atoms with Gasteiger partial charge in [-0.25, -0.2) is 4.79 Å². The van der Waals surface area contributed by atoms with Crippen LogP contribution in [0, 0.1) is 5.92 Å². The number of carbonyl (C=O) groups is 9. The molecule has 1 fully saturated rings. The molecule has 0 spiro atoms. The minimum Gasteiger partial charge on any atom is -0.481 e. The van der Waals surface area contributed by atoms with Gasteiger partial charge in [0.05, 0.1) is 25.7 Å². The summed E-state index contributed by atoms with van der Waals surface area (Å²) in [6.07, 6.45) is -1.14. The van der Waals surface area contributed by atoms with Gasteiger partial charge >= 0.3 is 11.9 Å². The number of aliphatic hydroxyl groups excluding tert-OH is 2. The molecule has 7 amide bonds. The molecule has 7 atom stereocenters. The van der Waals surface area contributed by atoms with Gasteiger partial charge in [0.2, 0.25) is 41.4 Å². The van der Waals surface area contributed by atoms with Crippen molar-refractivity contribution in [3.05, 3.63) is 0 Å². The highest BCUT2D eigenvalue weighted by atomic mass is 16.4. The molecule has 1 heterocycles. The first-order chi connectivity index (χ1) is 25.7. The summed E-state index contributed by atoms with van der Waals surface area (Å²) in [5.74, 6) is -10.3. The Bertz CT molecular complexity index is 1440. The molecule has 1 saturated heterocycles. The lowest BCUT2D eigenvalue weighted by molar-refractivity contribution is -0.146. The molecule has 1 rings (SSSR count). The van der Waals surface area contributed by atoms with Crippen molar-refractivity contribution in [1.82, 2.24) is 31.5 Å². The van der Waals surface area contributed by atoms with Crippen LogP contribution in [0.2, 0.25) is 0 Å². The van der Waals surface area contributed by atoms with Crippen LogP contribution in [0.15, 0.2) is 4.99 Å².